The van der Waals surface area contributed by atoms with Crippen molar-refractivity contribution >= 4 is 15.7 Å². The molecule has 0 spiro atoms. The van der Waals surface area contributed by atoms with E-state index in [9.17, 15) is 8.42 Å². The fourth-order valence-corrected chi connectivity index (χ4v) is 1.65. The summed E-state index contributed by atoms with van der Waals surface area (Å²) >= 11 is 0. The van der Waals surface area contributed by atoms with Gasteiger partial charge in [-0.05, 0) is 18.6 Å². The molecule has 0 amide bonds. The zero-order valence-electron chi connectivity index (χ0n) is 8.37. The van der Waals surface area contributed by atoms with Crippen molar-refractivity contribution in [2.24, 2.45) is 0 Å². The normalized spacial score (nSPS) is 11.1. The van der Waals surface area contributed by atoms with Crippen LogP contribution >= 0.6 is 0 Å². The lowest BCUT2D eigenvalue weighted by Crippen LogP contribution is -2.09. The Morgan fingerprint density at radius 3 is 2.50 bits per heavy atom. The van der Waals surface area contributed by atoms with Gasteiger partial charge in [-0.2, -0.15) is 0 Å². The van der Waals surface area contributed by atoms with Crippen molar-refractivity contribution in [3.63, 3.8) is 0 Å². The molecular weight excluding hydrogens is 202 g/mol. The van der Waals surface area contributed by atoms with Crippen molar-refractivity contribution in [3.8, 4) is 5.75 Å². The van der Waals surface area contributed by atoms with E-state index in [1.165, 1.54) is 0 Å². The van der Waals surface area contributed by atoms with Gasteiger partial charge in [0.05, 0.1) is 19.1 Å². The summed E-state index contributed by atoms with van der Waals surface area (Å²) in [5.41, 5.74) is 1.47. The van der Waals surface area contributed by atoms with Crippen molar-refractivity contribution in [1.29, 1.82) is 0 Å². The van der Waals surface area contributed by atoms with E-state index in [1.807, 2.05) is 6.92 Å². The molecule has 78 valence electrons. The number of rotatable bonds is 3. The van der Waals surface area contributed by atoms with Crippen LogP contribution in [-0.4, -0.2) is 21.8 Å². The number of anilines is 1. The second-order valence-electron chi connectivity index (χ2n) is 3.06. The van der Waals surface area contributed by atoms with Gasteiger partial charge >= 0.3 is 0 Å². The van der Waals surface area contributed by atoms with Gasteiger partial charge in [0, 0.05) is 6.07 Å². The maximum atomic E-state index is 10.9. The largest absolute Gasteiger partial charge is 0.496 e. The Kier molecular flexibility index (Phi) is 3.00. The molecule has 0 saturated carbocycles. The summed E-state index contributed by atoms with van der Waals surface area (Å²) in [5, 5.41) is 0. The molecule has 0 fully saturated rings. The van der Waals surface area contributed by atoms with E-state index in [0.717, 1.165) is 11.8 Å². The van der Waals surface area contributed by atoms with Crippen LogP contribution in [0.1, 0.15) is 5.56 Å². The third kappa shape index (κ3) is 2.92. The van der Waals surface area contributed by atoms with Crippen LogP contribution in [0.3, 0.4) is 0 Å². The highest BCUT2D eigenvalue weighted by Crippen LogP contribution is 2.22. The molecule has 0 atom stereocenters. The molecule has 1 aromatic rings. The van der Waals surface area contributed by atoms with Gasteiger partial charge in [-0.15, -0.1) is 0 Å². The van der Waals surface area contributed by atoms with Crippen LogP contribution in [0.4, 0.5) is 5.69 Å². The number of hydrogen-bond acceptors (Lipinski definition) is 3. The zero-order valence-corrected chi connectivity index (χ0v) is 9.18. The summed E-state index contributed by atoms with van der Waals surface area (Å²) in [6.45, 7) is 1.89. The first-order valence-corrected chi connectivity index (χ1v) is 5.94. The minimum Gasteiger partial charge on any atom is -0.496 e. The quantitative estimate of drug-likeness (QED) is 0.828. The molecule has 0 heterocycles. The van der Waals surface area contributed by atoms with Gasteiger partial charge < -0.3 is 4.74 Å². The molecule has 1 N–H and O–H groups in total. The smallest absolute Gasteiger partial charge is 0.229 e. The predicted octanol–water partition coefficient (Wildman–Crippen LogP) is 1.38. The first-order valence-electron chi connectivity index (χ1n) is 4.05. The molecule has 0 aliphatic rings. The fourth-order valence-electron chi connectivity index (χ4n) is 1.10. The second kappa shape index (κ2) is 3.88. The van der Waals surface area contributed by atoms with Crippen LogP contribution in [0, 0.1) is 6.92 Å². The van der Waals surface area contributed by atoms with Gasteiger partial charge in [0.2, 0.25) is 10.0 Å². The monoisotopic (exact) mass is 215 g/mol. The van der Waals surface area contributed by atoms with Crippen LogP contribution < -0.4 is 9.46 Å². The molecular formula is C9H13NO3S. The maximum absolute atomic E-state index is 10.9. The van der Waals surface area contributed by atoms with Crippen LogP contribution in [0.25, 0.3) is 0 Å². The van der Waals surface area contributed by atoms with Gasteiger partial charge in [0.1, 0.15) is 5.75 Å². The SMILES string of the molecule is COc1cc(NS(C)(=O)=O)ccc1C. The highest BCUT2D eigenvalue weighted by molar-refractivity contribution is 7.92. The third-order valence-corrected chi connectivity index (χ3v) is 2.32. The number of benzene rings is 1. The van der Waals surface area contributed by atoms with Gasteiger partial charge in [-0.3, -0.25) is 4.72 Å². The molecule has 0 aromatic heterocycles. The Labute approximate surface area is 84.0 Å². The van der Waals surface area contributed by atoms with Crippen LogP contribution in [-0.2, 0) is 10.0 Å². The summed E-state index contributed by atoms with van der Waals surface area (Å²) in [6, 6.07) is 5.14. The first kappa shape index (κ1) is 10.8. The molecule has 14 heavy (non-hydrogen) atoms. The molecule has 1 rings (SSSR count). The molecule has 5 heteroatoms. The summed E-state index contributed by atoms with van der Waals surface area (Å²) in [4.78, 5) is 0. The van der Waals surface area contributed by atoms with Crippen molar-refractivity contribution in [3.05, 3.63) is 23.8 Å². The average molecular weight is 215 g/mol. The summed E-state index contributed by atoms with van der Waals surface area (Å²) in [6.07, 6.45) is 1.11. The van der Waals surface area contributed by atoms with Gasteiger partial charge in [-0.1, -0.05) is 6.07 Å². The summed E-state index contributed by atoms with van der Waals surface area (Å²) in [5.74, 6) is 0.665. The molecule has 4 nitrogen and oxygen atoms in total. The van der Waals surface area contributed by atoms with Crippen molar-refractivity contribution < 1.29 is 13.2 Å². The van der Waals surface area contributed by atoms with Gasteiger partial charge in [0.25, 0.3) is 0 Å². The Morgan fingerprint density at radius 1 is 1.36 bits per heavy atom. The number of aryl methyl sites for hydroxylation is 1. The lowest BCUT2D eigenvalue weighted by molar-refractivity contribution is 0.412. The Bertz CT molecular complexity index is 426. The van der Waals surface area contributed by atoms with E-state index in [2.05, 4.69) is 4.72 Å². The van der Waals surface area contributed by atoms with Crippen molar-refractivity contribution in [2.75, 3.05) is 18.1 Å². The molecule has 1 aromatic carbocycles. The van der Waals surface area contributed by atoms with E-state index < -0.39 is 10.0 Å². The minimum atomic E-state index is -3.22. The van der Waals surface area contributed by atoms with Crippen LogP contribution in [0.2, 0.25) is 0 Å². The number of nitrogens with one attached hydrogen (secondary N) is 1. The fraction of sp³-hybridized carbons (Fsp3) is 0.333. The van der Waals surface area contributed by atoms with Crippen LogP contribution in [0.5, 0.6) is 5.75 Å². The molecule has 0 radical (unpaired) electrons. The summed E-state index contributed by atoms with van der Waals surface area (Å²) < 4.78 is 29.3. The average Bonchev–Trinajstić information content (AvgIpc) is 2.06. The Balaban J connectivity index is 3.01. The topological polar surface area (TPSA) is 55.4 Å². The van der Waals surface area contributed by atoms with Crippen molar-refractivity contribution in [1.82, 2.24) is 0 Å². The molecule has 0 bridgehead atoms. The highest BCUT2D eigenvalue weighted by atomic mass is 32.2. The molecule has 0 aliphatic heterocycles. The van der Waals surface area contributed by atoms with E-state index in [0.29, 0.717) is 11.4 Å². The second-order valence-corrected chi connectivity index (χ2v) is 4.81. The van der Waals surface area contributed by atoms with E-state index in [4.69, 9.17) is 4.74 Å². The highest BCUT2D eigenvalue weighted by Gasteiger charge is 2.04. The third-order valence-electron chi connectivity index (χ3n) is 1.71. The maximum Gasteiger partial charge on any atom is 0.229 e. The lowest BCUT2D eigenvalue weighted by atomic mass is 10.2. The molecule has 0 aliphatic carbocycles. The number of hydrogen-bond donors (Lipinski definition) is 1. The number of methoxy groups -OCH3 is 1. The lowest BCUT2D eigenvalue weighted by Gasteiger charge is -2.08. The first-order chi connectivity index (χ1) is 6.42. The number of sulfonamides is 1. The van der Waals surface area contributed by atoms with Gasteiger partial charge in [-0.25, -0.2) is 8.42 Å². The Morgan fingerprint density at radius 2 is 2.00 bits per heavy atom. The minimum absolute atomic E-state index is 0.509. The molecule has 0 saturated heterocycles. The van der Waals surface area contributed by atoms with E-state index in [-0.39, 0.29) is 0 Å². The van der Waals surface area contributed by atoms with E-state index in [1.54, 1.807) is 25.3 Å². The summed E-state index contributed by atoms with van der Waals surface area (Å²) in [7, 11) is -1.67. The number of ether oxygens (including phenoxy) is 1. The van der Waals surface area contributed by atoms with Crippen molar-refractivity contribution in [2.45, 2.75) is 6.92 Å². The van der Waals surface area contributed by atoms with E-state index >= 15 is 0 Å². The zero-order chi connectivity index (χ0) is 10.8. The Hall–Kier alpha value is -1.23. The standard InChI is InChI=1S/C9H13NO3S/c1-7-4-5-8(6-9(7)13-2)10-14(3,11)12/h4-6,10H,1-3H3. The van der Waals surface area contributed by atoms with Gasteiger partial charge in [0.15, 0.2) is 0 Å². The molecule has 0 unspecified atom stereocenters. The predicted molar refractivity (Wildman–Crippen MR) is 56.2 cm³/mol. The van der Waals surface area contributed by atoms with Crippen LogP contribution in [0.15, 0.2) is 18.2 Å².